The summed E-state index contributed by atoms with van der Waals surface area (Å²) in [6, 6.07) is 0.307. The number of nitrogen functional groups attached to an aromatic ring is 1. The van der Waals surface area contributed by atoms with Crippen LogP contribution in [0.1, 0.15) is 58.6 Å². The summed E-state index contributed by atoms with van der Waals surface area (Å²) in [5.41, 5.74) is 11.8. The van der Waals surface area contributed by atoms with Crippen LogP contribution in [0.4, 0.5) is 10.7 Å². The van der Waals surface area contributed by atoms with E-state index in [2.05, 4.69) is 10.6 Å². The van der Waals surface area contributed by atoms with E-state index in [1.54, 1.807) is 0 Å². The molecule has 1 aromatic heterocycles. The van der Waals surface area contributed by atoms with Crippen molar-refractivity contribution in [2.24, 2.45) is 5.73 Å². The van der Waals surface area contributed by atoms with E-state index in [-0.39, 0.29) is 17.2 Å². The van der Waals surface area contributed by atoms with Gasteiger partial charge in [-0.2, -0.15) is 0 Å². The predicted octanol–water partition coefficient (Wildman–Crippen LogP) is 1.92. The summed E-state index contributed by atoms with van der Waals surface area (Å²) in [5.74, 6) is -0.899. The average molecular weight is 310 g/mol. The van der Waals surface area contributed by atoms with Gasteiger partial charge >= 0.3 is 0 Å². The van der Waals surface area contributed by atoms with Gasteiger partial charge in [-0.3, -0.25) is 9.59 Å². The van der Waals surface area contributed by atoms with Crippen molar-refractivity contribution in [1.29, 1.82) is 0 Å². The van der Waals surface area contributed by atoms with Gasteiger partial charge in [0.1, 0.15) is 9.88 Å². The molecule has 1 aromatic rings. The third-order valence-electron chi connectivity index (χ3n) is 3.82. The highest BCUT2D eigenvalue weighted by molar-refractivity contribution is 7.19. The van der Waals surface area contributed by atoms with Crippen LogP contribution in [0.25, 0.3) is 0 Å². The average Bonchev–Trinajstić information content (AvgIpc) is 2.63. The minimum Gasteiger partial charge on any atom is -0.397 e. The fourth-order valence-corrected chi connectivity index (χ4v) is 3.83. The van der Waals surface area contributed by atoms with Crippen LogP contribution in [-0.4, -0.2) is 24.9 Å². The zero-order chi connectivity index (χ0) is 15.4. The zero-order valence-corrected chi connectivity index (χ0v) is 13.0. The van der Waals surface area contributed by atoms with E-state index in [0.717, 1.165) is 12.8 Å². The van der Waals surface area contributed by atoms with E-state index < -0.39 is 5.91 Å². The molecule has 0 aromatic carbocycles. The van der Waals surface area contributed by atoms with Crippen LogP contribution in [0, 0.1) is 0 Å². The lowest BCUT2D eigenvalue weighted by Crippen LogP contribution is -2.21. The molecular weight excluding hydrogens is 288 g/mol. The van der Waals surface area contributed by atoms with Crippen molar-refractivity contribution in [3.63, 3.8) is 0 Å². The lowest BCUT2D eigenvalue weighted by Gasteiger charge is -2.17. The Balaban J connectivity index is 2.28. The van der Waals surface area contributed by atoms with Gasteiger partial charge in [0.2, 0.25) is 0 Å². The van der Waals surface area contributed by atoms with Gasteiger partial charge in [-0.15, -0.1) is 11.3 Å². The first-order valence-corrected chi connectivity index (χ1v) is 8.07. The molecule has 0 saturated heterocycles. The molecule has 0 atom stereocenters. The second-order valence-corrected chi connectivity index (χ2v) is 6.35. The molecule has 6 N–H and O–H groups in total. The molecule has 116 valence electrons. The number of nitrogens with one attached hydrogen (secondary N) is 2. The summed E-state index contributed by atoms with van der Waals surface area (Å²) in [5, 5.41) is 6.51. The maximum atomic E-state index is 11.8. The fourth-order valence-electron chi connectivity index (χ4n) is 2.68. The van der Waals surface area contributed by atoms with Crippen LogP contribution < -0.4 is 22.1 Å². The van der Waals surface area contributed by atoms with E-state index in [9.17, 15) is 9.59 Å². The molecule has 2 amide bonds. The number of carbonyl (C=O) groups is 2. The fraction of sp³-hybridized carbons (Fsp3) is 0.571. The van der Waals surface area contributed by atoms with Crippen molar-refractivity contribution in [2.75, 3.05) is 18.1 Å². The maximum Gasteiger partial charge on any atom is 0.263 e. The summed E-state index contributed by atoms with van der Waals surface area (Å²) in [4.78, 5) is 23.8. The molecule has 0 unspecified atom stereocenters. The number of carbonyl (C=O) groups excluding carboxylic acids is 2. The second-order valence-electron chi connectivity index (χ2n) is 5.33. The van der Waals surface area contributed by atoms with Crippen molar-refractivity contribution in [3.05, 3.63) is 10.4 Å². The van der Waals surface area contributed by atoms with E-state index in [4.69, 9.17) is 11.5 Å². The van der Waals surface area contributed by atoms with Gasteiger partial charge in [0.15, 0.2) is 0 Å². The van der Waals surface area contributed by atoms with Gasteiger partial charge in [-0.1, -0.05) is 25.7 Å². The Kier molecular flexibility index (Phi) is 5.06. The molecule has 0 spiro atoms. The van der Waals surface area contributed by atoms with Crippen molar-refractivity contribution in [2.45, 2.75) is 44.6 Å². The van der Waals surface area contributed by atoms with Crippen LogP contribution in [0.2, 0.25) is 0 Å². The molecule has 1 saturated carbocycles. The van der Waals surface area contributed by atoms with Gasteiger partial charge in [0.05, 0.1) is 11.3 Å². The Morgan fingerprint density at radius 2 is 1.81 bits per heavy atom. The predicted molar refractivity (Wildman–Crippen MR) is 85.8 cm³/mol. The first-order chi connectivity index (χ1) is 10.0. The molecule has 1 aliphatic rings. The number of anilines is 2. The summed E-state index contributed by atoms with van der Waals surface area (Å²) >= 11 is 1.20. The normalized spacial score (nSPS) is 16.2. The number of hydrogen-bond donors (Lipinski definition) is 4. The van der Waals surface area contributed by atoms with Crippen molar-refractivity contribution >= 4 is 33.8 Å². The molecule has 0 radical (unpaired) electrons. The smallest absolute Gasteiger partial charge is 0.263 e. The minimum atomic E-state index is -0.602. The van der Waals surface area contributed by atoms with E-state index in [1.807, 2.05) is 0 Å². The van der Waals surface area contributed by atoms with Gasteiger partial charge < -0.3 is 22.1 Å². The molecule has 0 bridgehead atoms. The van der Waals surface area contributed by atoms with Gasteiger partial charge in [-0.25, -0.2) is 0 Å². The molecule has 1 fully saturated rings. The zero-order valence-electron chi connectivity index (χ0n) is 12.2. The standard InChI is InChI=1S/C14H22N4O2S/c1-17-13(20)11-10(15)9(12(16)19)14(21-11)18-8-6-4-2-3-5-7-8/h8,18H,2-7,15H2,1H3,(H2,16,19)(H,17,20). The highest BCUT2D eigenvalue weighted by atomic mass is 32.1. The number of hydrogen-bond acceptors (Lipinski definition) is 5. The lowest BCUT2D eigenvalue weighted by atomic mass is 10.1. The van der Waals surface area contributed by atoms with Gasteiger partial charge in [0.25, 0.3) is 11.8 Å². The Morgan fingerprint density at radius 1 is 1.19 bits per heavy atom. The molecule has 7 heteroatoms. The van der Waals surface area contributed by atoms with Crippen molar-refractivity contribution in [1.82, 2.24) is 5.32 Å². The summed E-state index contributed by atoms with van der Waals surface area (Å²) in [7, 11) is 1.53. The van der Waals surface area contributed by atoms with Crippen LogP contribution >= 0.6 is 11.3 Å². The third-order valence-corrected chi connectivity index (χ3v) is 4.95. The largest absolute Gasteiger partial charge is 0.397 e. The topological polar surface area (TPSA) is 110 Å². The molecule has 1 heterocycles. The summed E-state index contributed by atoms with van der Waals surface area (Å²) < 4.78 is 0. The lowest BCUT2D eigenvalue weighted by molar-refractivity contribution is 0.0967. The Morgan fingerprint density at radius 3 is 2.33 bits per heavy atom. The molecule has 6 nitrogen and oxygen atoms in total. The number of nitrogens with two attached hydrogens (primary N) is 2. The Labute approximate surface area is 128 Å². The van der Waals surface area contributed by atoms with Crippen LogP contribution in [0.3, 0.4) is 0 Å². The Hall–Kier alpha value is -1.76. The van der Waals surface area contributed by atoms with E-state index in [1.165, 1.54) is 44.1 Å². The summed E-state index contributed by atoms with van der Waals surface area (Å²) in [6.07, 6.45) is 6.96. The SMILES string of the molecule is CNC(=O)c1sc(NC2CCCCCC2)c(C(N)=O)c1N. The van der Waals surface area contributed by atoms with Gasteiger partial charge in [-0.05, 0) is 12.8 Å². The van der Waals surface area contributed by atoms with Crippen LogP contribution in [0.15, 0.2) is 0 Å². The van der Waals surface area contributed by atoms with E-state index >= 15 is 0 Å². The first kappa shape index (κ1) is 15.6. The van der Waals surface area contributed by atoms with Crippen molar-refractivity contribution < 1.29 is 9.59 Å². The van der Waals surface area contributed by atoms with Crippen molar-refractivity contribution in [3.8, 4) is 0 Å². The van der Waals surface area contributed by atoms with Gasteiger partial charge in [0, 0.05) is 13.1 Å². The minimum absolute atomic E-state index is 0.169. The van der Waals surface area contributed by atoms with Crippen LogP contribution in [0.5, 0.6) is 0 Å². The first-order valence-electron chi connectivity index (χ1n) is 7.25. The quantitative estimate of drug-likeness (QED) is 0.637. The molecule has 1 aliphatic carbocycles. The maximum absolute atomic E-state index is 11.8. The molecule has 0 aliphatic heterocycles. The Bertz CT molecular complexity index is 533. The van der Waals surface area contributed by atoms with E-state index in [0.29, 0.717) is 15.9 Å². The molecule has 21 heavy (non-hydrogen) atoms. The monoisotopic (exact) mass is 310 g/mol. The second kappa shape index (κ2) is 6.80. The number of amides is 2. The number of primary amides is 1. The summed E-state index contributed by atoms with van der Waals surface area (Å²) in [6.45, 7) is 0. The molecular formula is C14H22N4O2S. The number of thiophene rings is 1. The highest BCUT2D eigenvalue weighted by Crippen LogP contribution is 2.36. The third kappa shape index (κ3) is 3.47. The highest BCUT2D eigenvalue weighted by Gasteiger charge is 2.25. The van der Waals surface area contributed by atoms with Crippen LogP contribution in [-0.2, 0) is 0 Å². The number of rotatable bonds is 4. The molecule has 2 rings (SSSR count).